The van der Waals surface area contributed by atoms with Crippen molar-refractivity contribution in [3.05, 3.63) is 90.0 Å². The van der Waals surface area contributed by atoms with Gasteiger partial charge in [0.1, 0.15) is 0 Å². The largest absolute Gasteiger partial charge is 0.296 e. The lowest BCUT2D eigenvalue weighted by molar-refractivity contribution is 0.292. The first-order chi connectivity index (χ1) is 11.3. The summed E-state index contributed by atoms with van der Waals surface area (Å²) in [6.45, 7) is 3.21. The Kier molecular flexibility index (Phi) is 4.89. The predicted octanol–water partition coefficient (Wildman–Crippen LogP) is 5.55. The standard InChI is InChI=1S/C22H23N/c1-18(21-16-8-14-20-13-6-7-15-22(20)21)23(2)17-9-12-19-10-4-3-5-11-19/h3-16,18H,17H2,1-2H3/b12-9+. The number of likely N-dealkylation sites (N-methyl/N-ethyl adjacent to an activating group) is 1. The zero-order valence-corrected chi connectivity index (χ0v) is 13.8. The summed E-state index contributed by atoms with van der Waals surface area (Å²) in [7, 11) is 2.18. The molecule has 23 heavy (non-hydrogen) atoms. The number of hydrogen-bond donors (Lipinski definition) is 0. The van der Waals surface area contributed by atoms with Crippen molar-refractivity contribution in [3.63, 3.8) is 0 Å². The predicted molar refractivity (Wildman–Crippen MR) is 100 cm³/mol. The van der Waals surface area contributed by atoms with E-state index in [-0.39, 0.29) is 0 Å². The molecule has 0 saturated carbocycles. The Hall–Kier alpha value is -2.38. The van der Waals surface area contributed by atoms with Crippen LogP contribution in [0.4, 0.5) is 0 Å². The van der Waals surface area contributed by atoms with Crippen LogP contribution in [0.25, 0.3) is 16.8 Å². The van der Waals surface area contributed by atoms with Crippen LogP contribution in [0, 0.1) is 0 Å². The van der Waals surface area contributed by atoms with Gasteiger partial charge >= 0.3 is 0 Å². The van der Waals surface area contributed by atoms with Gasteiger partial charge in [-0.1, -0.05) is 84.9 Å². The SMILES string of the molecule is CC(c1cccc2ccccc12)N(C)C/C=C/c1ccccc1. The molecule has 0 aliphatic carbocycles. The van der Waals surface area contributed by atoms with E-state index in [1.807, 2.05) is 6.07 Å². The van der Waals surface area contributed by atoms with Crippen LogP contribution in [0.2, 0.25) is 0 Å². The van der Waals surface area contributed by atoms with Crippen LogP contribution in [0.3, 0.4) is 0 Å². The Morgan fingerprint density at radius 3 is 2.39 bits per heavy atom. The monoisotopic (exact) mass is 301 g/mol. The van der Waals surface area contributed by atoms with Gasteiger partial charge in [-0.3, -0.25) is 4.90 Å². The zero-order valence-electron chi connectivity index (χ0n) is 13.8. The van der Waals surface area contributed by atoms with E-state index >= 15 is 0 Å². The highest BCUT2D eigenvalue weighted by molar-refractivity contribution is 5.86. The molecule has 3 rings (SSSR count). The molecule has 0 N–H and O–H groups in total. The third-order valence-electron chi connectivity index (χ3n) is 4.44. The maximum absolute atomic E-state index is 2.38. The summed E-state index contributed by atoms with van der Waals surface area (Å²) in [4.78, 5) is 2.38. The third kappa shape index (κ3) is 3.69. The van der Waals surface area contributed by atoms with Gasteiger partial charge in [-0.25, -0.2) is 0 Å². The molecule has 1 heteroatoms. The van der Waals surface area contributed by atoms with Crippen LogP contribution < -0.4 is 0 Å². The first-order valence-corrected chi connectivity index (χ1v) is 8.15. The van der Waals surface area contributed by atoms with Crippen molar-refractivity contribution in [2.45, 2.75) is 13.0 Å². The zero-order chi connectivity index (χ0) is 16.1. The van der Waals surface area contributed by atoms with E-state index < -0.39 is 0 Å². The summed E-state index contributed by atoms with van der Waals surface area (Å²) in [6.07, 6.45) is 4.42. The van der Waals surface area contributed by atoms with Crippen LogP contribution in [-0.4, -0.2) is 18.5 Å². The molecule has 1 nitrogen and oxygen atoms in total. The average molecular weight is 301 g/mol. The first-order valence-electron chi connectivity index (χ1n) is 8.15. The Balaban J connectivity index is 1.74. The molecule has 0 spiro atoms. The van der Waals surface area contributed by atoms with E-state index in [0.29, 0.717) is 6.04 Å². The van der Waals surface area contributed by atoms with Gasteiger partial charge in [-0.05, 0) is 35.9 Å². The molecule has 0 aliphatic heterocycles. The molecule has 0 amide bonds. The average Bonchev–Trinajstić information content (AvgIpc) is 2.61. The number of benzene rings is 3. The van der Waals surface area contributed by atoms with E-state index in [4.69, 9.17) is 0 Å². The first kappa shape index (κ1) is 15.5. The number of nitrogens with zero attached hydrogens (tertiary/aromatic N) is 1. The minimum Gasteiger partial charge on any atom is -0.296 e. The Labute approximate surface area is 138 Å². The van der Waals surface area contributed by atoms with Gasteiger partial charge in [-0.2, -0.15) is 0 Å². The maximum Gasteiger partial charge on any atom is 0.0326 e. The van der Waals surface area contributed by atoms with E-state index in [2.05, 4.69) is 97.8 Å². The Morgan fingerprint density at radius 2 is 1.57 bits per heavy atom. The fourth-order valence-corrected chi connectivity index (χ4v) is 2.93. The molecular weight excluding hydrogens is 278 g/mol. The summed E-state index contributed by atoms with van der Waals surface area (Å²) in [5, 5.41) is 2.66. The third-order valence-corrected chi connectivity index (χ3v) is 4.44. The normalized spacial score (nSPS) is 13.0. The van der Waals surface area contributed by atoms with Crippen LogP contribution in [0.15, 0.2) is 78.9 Å². The minimum absolute atomic E-state index is 0.376. The topological polar surface area (TPSA) is 3.24 Å². The highest BCUT2D eigenvalue weighted by atomic mass is 15.1. The van der Waals surface area contributed by atoms with Crippen molar-refractivity contribution in [3.8, 4) is 0 Å². The smallest absolute Gasteiger partial charge is 0.0326 e. The van der Waals surface area contributed by atoms with Gasteiger partial charge in [0.2, 0.25) is 0 Å². The molecule has 0 heterocycles. The van der Waals surface area contributed by atoms with Gasteiger partial charge in [0.25, 0.3) is 0 Å². The van der Waals surface area contributed by atoms with Gasteiger partial charge in [-0.15, -0.1) is 0 Å². The second-order valence-corrected chi connectivity index (χ2v) is 6.00. The molecule has 0 aromatic heterocycles. The fraction of sp³-hybridized carbons (Fsp3) is 0.182. The van der Waals surface area contributed by atoms with Crippen LogP contribution >= 0.6 is 0 Å². The van der Waals surface area contributed by atoms with Crippen molar-refractivity contribution in [2.24, 2.45) is 0 Å². The van der Waals surface area contributed by atoms with Gasteiger partial charge in [0.05, 0.1) is 0 Å². The fourth-order valence-electron chi connectivity index (χ4n) is 2.93. The lowest BCUT2D eigenvalue weighted by atomic mass is 9.99. The lowest BCUT2D eigenvalue weighted by Crippen LogP contribution is -2.22. The molecule has 116 valence electrons. The summed E-state index contributed by atoms with van der Waals surface area (Å²) in [5.74, 6) is 0. The highest BCUT2D eigenvalue weighted by Gasteiger charge is 2.12. The second-order valence-electron chi connectivity index (χ2n) is 6.00. The van der Waals surface area contributed by atoms with Crippen molar-refractivity contribution in [1.82, 2.24) is 4.90 Å². The number of rotatable bonds is 5. The summed E-state index contributed by atoms with van der Waals surface area (Å²) in [6, 6.07) is 26.0. The molecule has 0 fully saturated rings. The van der Waals surface area contributed by atoms with Crippen LogP contribution in [0.5, 0.6) is 0 Å². The maximum atomic E-state index is 2.38. The van der Waals surface area contributed by atoms with E-state index in [9.17, 15) is 0 Å². The molecular formula is C22H23N. The number of hydrogen-bond acceptors (Lipinski definition) is 1. The van der Waals surface area contributed by atoms with Gasteiger partial charge in [0, 0.05) is 12.6 Å². The van der Waals surface area contributed by atoms with Gasteiger partial charge in [0.15, 0.2) is 0 Å². The molecule has 0 saturated heterocycles. The molecule has 0 radical (unpaired) electrons. The quantitative estimate of drug-likeness (QED) is 0.597. The van der Waals surface area contributed by atoms with E-state index in [0.717, 1.165) is 6.54 Å². The summed E-state index contributed by atoms with van der Waals surface area (Å²) in [5.41, 5.74) is 2.64. The molecule has 1 atom stereocenters. The Morgan fingerprint density at radius 1 is 0.870 bits per heavy atom. The molecule has 3 aromatic rings. The minimum atomic E-state index is 0.376. The number of fused-ring (bicyclic) bond motifs is 1. The van der Waals surface area contributed by atoms with E-state index in [1.165, 1.54) is 21.9 Å². The van der Waals surface area contributed by atoms with Crippen molar-refractivity contribution in [2.75, 3.05) is 13.6 Å². The van der Waals surface area contributed by atoms with Gasteiger partial charge < -0.3 is 0 Å². The van der Waals surface area contributed by atoms with E-state index in [1.54, 1.807) is 0 Å². The van der Waals surface area contributed by atoms with Crippen LogP contribution in [-0.2, 0) is 0 Å². The summed E-state index contributed by atoms with van der Waals surface area (Å²) >= 11 is 0. The van der Waals surface area contributed by atoms with Crippen molar-refractivity contribution >= 4 is 16.8 Å². The lowest BCUT2D eigenvalue weighted by Gasteiger charge is -2.25. The van der Waals surface area contributed by atoms with Crippen LogP contribution in [0.1, 0.15) is 24.1 Å². The van der Waals surface area contributed by atoms with Crippen molar-refractivity contribution < 1.29 is 0 Å². The molecule has 0 bridgehead atoms. The Bertz CT molecular complexity index is 784. The molecule has 0 aliphatic rings. The molecule has 3 aromatic carbocycles. The molecule has 1 unspecified atom stereocenters. The highest BCUT2D eigenvalue weighted by Crippen LogP contribution is 2.27. The summed E-state index contributed by atoms with van der Waals surface area (Å²) < 4.78 is 0. The van der Waals surface area contributed by atoms with Crippen molar-refractivity contribution in [1.29, 1.82) is 0 Å². The second kappa shape index (κ2) is 7.26.